The fraction of sp³-hybridized carbons (Fsp3) is 0.364. The van der Waals surface area contributed by atoms with Gasteiger partial charge in [0.15, 0.2) is 0 Å². The third-order valence-corrected chi connectivity index (χ3v) is 2.37. The lowest BCUT2D eigenvalue weighted by atomic mass is 10.1. The third kappa shape index (κ3) is 3.07. The zero-order valence-corrected chi connectivity index (χ0v) is 9.40. The molecular weight excluding hydrogens is 227 g/mol. The average Bonchev–Trinajstić information content (AvgIpc) is 2.23. The molecule has 0 radical (unpaired) electrons. The second kappa shape index (κ2) is 5.49. The van der Waals surface area contributed by atoms with Crippen molar-refractivity contribution in [3.05, 3.63) is 23.5 Å². The Morgan fingerprint density at radius 1 is 1.59 bits per heavy atom. The predicted molar refractivity (Wildman–Crippen MR) is 62.6 cm³/mol. The largest absolute Gasteiger partial charge is 0.478 e. The number of aromatic carboxylic acids is 1. The number of aliphatic hydroxyl groups excluding tert-OH is 1. The Bertz CT molecular complexity index is 423. The van der Waals surface area contributed by atoms with Crippen LogP contribution in [0.2, 0.25) is 0 Å². The molecule has 94 valence electrons. The summed E-state index contributed by atoms with van der Waals surface area (Å²) in [5, 5.41) is 20.6. The van der Waals surface area contributed by atoms with Gasteiger partial charge in [0, 0.05) is 12.6 Å². The van der Waals surface area contributed by atoms with Crippen LogP contribution in [-0.4, -0.2) is 28.8 Å². The molecule has 0 spiro atoms. The molecule has 0 saturated carbocycles. The number of carbonyl (C=O) groups is 1. The second-order valence-electron chi connectivity index (χ2n) is 3.75. The number of nitrogen functional groups attached to an aromatic ring is 1. The third-order valence-electron chi connectivity index (χ3n) is 2.37. The van der Waals surface area contributed by atoms with Crippen molar-refractivity contribution >= 4 is 17.3 Å². The fourth-order valence-electron chi connectivity index (χ4n) is 1.48. The lowest BCUT2D eigenvalue weighted by molar-refractivity contribution is 0.0698. The summed E-state index contributed by atoms with van der Waals surface area (Å²) in [4.78, 5) is 11.0. The number of carboxylic acids is 1. The first-order valence-electron chi connectivity index (χ1n) is 5.16. The van der Waals surface area contributed by atoms with Gasteiger partial charge in [0.05, 0.1) is 11.4 Å². The topological polar surface area (TPSA) is 95.6 Å². The molecule has 0 amide bonds. The van der Waals surface area contributed by atoms with E-state index in [1.165, 1.54) is 6.07 Å². The molecule has 1 atom stereocenters. The van der Waals surface area contributed by atoms with E-state index in [0.717, 1.165) is 6.07 Å². The Hall–Kier alpha value is -1.82. The lowest BCUT2D eigenvalue weighted by Gasteiger charge is -2.17. The number of benzene rings is 1. The summed E-state index contributed by atoms with van der Waals surface area (Å²) in [6.07, 6.45) is 0.455. The van der Waals surface area contributed by atoms with E-state index in [2.05, 4.69) is 5.32 Å². The summed E-state index contributed by atoms with van der Waals surface area (Å²) < 4.78 is 13.1. The van der Waals surface area contributed by atoms with E-state index < -0.39 is 17.5 Å². The molecule has 17 heavy (non-hydrogen) atoms. The number of nitrogens with one attached hydrogen (secondary N) is 1. The lowest BCUT2D eigenvalue weighted by Crippen LogP contribution is -2.19. The van der Waals surface area contributed by atoms with E-state index in [0.29, 0.717) is 6.42 Å². The van der Waals surface area contributed by atoms with E-state index in [9.17, 15) is 9.18 Å². The highest BCUT2D eigenvalue weighted by Gasteiger charge is 2.18. The number of hydrogen-bond acceptors (Lipinski definition) is 4. The Morgan fingerprint density at radius 3 is 2.76 bits per heavy atom. The maximum absolute atomic E-state index is 13.1. The summed E-state index contributed by atoms with van der Waals surface area (Å²) in [5.74, 6) is -2.05. The Kier molecular flexibility index (Phi) is 4.28. The van der Waals surface area contributed by atoms with Gasteiger partial charge in [-0.15, -0.1) is 0 Å². The van der Waals surface area contributed by atoms with Crippen molar-refractivity contribution in [1.82, 2.24) is 0 Å². The summed E-state index contributed by atoms with van der Waals surface area (Å²) in [6, 6.07) is 2.29. The van der Waals surface area contributed by atoms with Gasteiger partial charge in [-0.3, -0.25) is 0 Å². The molecule has 1 aromatic carbocycles. The molecule has 6 heteroatoms. The van der Waals surface area contributed by atoms with Gasteiger partial charge < -0.3 is 21.3 Å². The highest BCUT2D eigenvalue weighted by Crippen LogP contribution is 2.25. The van der Waals surface area contributed by atoms with Crippen molar-refractivity contribution in [3.8, 4) is 0 Å². The highest BCUT2D eigenvalue weighted by molar-refractivity contribution is 6.00. The van der Waals surface area contributed by atoms with Gasteiger partial charge in [-0.25, -0.2) is 9.18 Å². The first-order chi connectivity index (χ1) is 7.97. The molecule has 0 bridgehead atoms. The van der Waals surface area contributed by atoms with Crippen LogP contribution in [-0.2, 0) is 0 Å². The van der Waals surface area contributed by atoms with Crippen LogP contribution in [0.15, 0.2) is 12.1 Å². The maximum Gasteiger partial charge on any atom is 0.340 e. The van der Waals surface area contributed by atoms with Crippen LogP contribution in [0.1, 0.15) is 23.7 Å². The number of halogens is 1. The number of anilines is 2. The summed E-state index contributed by atoms with van der Waals surface area (Å²) in [7, 11) is 0. The highest BCUT2D eigenvalue weighted by atomic mass is 19.1. The van der Waals surface area contributed by atoms with Crippen LogP contribution in [0.3, 0.4) is 0 Å². The van der Waals surface area contributed by atoms with Crippen molar-refractivity contribution in [2.75, 3.05) is 17.7 Å². The van der Waals surface area contributed by atoms with Gasteiger partial charge >= 0.3 is 5.97 Å². The number of hydrogen-bond donors (Lipinski definition) is 4. The van der Waals surface area contributed by atoms with E-state index >= 15 is 0 Å². The molecule has 5 N–H and O–H groups in total. The average molecular weight is 242 g/mol. The molecule has 1 rings (SSSR count). The zero-order valence-electron chi connectivity index (χ0n) is 9.40. The minimum atomic E-state index is -1.29. The normalized spacial score (nSPS) is 12.2. The molecule has 0 aromatic heterocycles. The molecule has 0 fully saturated rings. The predicted octanol–water partition coefficient (Wildman–Crippen LogP) is 1.29. The monoisotopic (exact) mass is 242 g/mol. The number of nitrogens with two attached hydrogens (primary N) is 1. The Labute approximate surface area is 98.1 Å². The van der Waals surface area contributed by atoms with Gasteiger partial charge in [-0.05, 0) is 25.5 Å². The van der Waals surface area contributed by atoms with Crippen molar-refractivity contribution in [2.45, 2.75) is 19.4 Å². The molecule has 1 unspecified atom stereocenters. The molecular formula is C11H15FN2O3. The Morgan fingerprint density at radius 2 is 2.24 bits per heavy atom. The maximum atomic E-state index is 13.1. The number of rotatable bonds is 5. The zero-order chi connectivity index (χ0) is 13.0. The molecule has 0 heterocycles. The van der Waals surface area contributed by atoms with E-state index in [1.807, 2.05) is 0 Å². The minimum absolute atomic E-state index is 0.0206. The van der Waals surface area contributed by atoms with Crippen molar-refractivity contribution in [2.24, 2.45) is 0 Å². The van der Waals surface area contributed by atoms with Crippen LogP contribution in [0.5, 0.6) is 0 Å². The second-order valence-corrected chi connectivity index (χ2v) is 3.75. The van der Waals surface area contributed by atoms with Crippen LogP contribution in [0.25, 0.3) is 0 Å². The summed E-state index contributed by atoms with van der Waals surface area (Å²) in [6.45, 7) is 1.76. The van der Waals surface area contributed by atoms with Crippen LogP contribution < -0.4 is 11.1 Å². The van der Waals surface area contributed by atoms with Crippen molar-refractivity contribution in [1.29, 1.82) is 0 Å². The molecule has 1 aromatic rings. The van der Waals surface area contributed by atoms with Crippen LogP contribution >= 0.6 is 0 Å². The molecule has 0 aliphatic heterocycles. The van der Waals surface area contributed by atoms with Crippen LogP contribution in [0.4, 0.5) is 15.8 Å². The quantitative estimate of drug-likeness (QED) is 0.583. The minimum Gasteiger partial charge on any atom is -0.478 e. The van der Waals surface area contributed by atoms with Crippen LogP contribution in [0, 0.1) is 5.82 Å². The van der Waals surface area contributed by atoms with Gasteiger partial charge in [-0.1, -0.05) is 0 Å². The van der Waals surface area contributed by atoms with E-state index in [4.69, 9.17) is 15.9 Å². The summed E-state index contributed by atoms with van der Waals surface area (Å²) >= 11 is 0. The molecule has 0 aliphatic carbocycles. The van der Waals surface area contributed by atoms with Crippen molar-refractivity contribution in [3.63, 3.8) is 0 Å². The van der Waals surface area contributed by atoms with Gasteiger partial charge in [0.1, 0.15) is 11.4 Å². The van der Waals surface area contributed by atoms with Gasteiger partial charge in [-0.2, -0.15) is 0 Å². The molecule has 0 aliphatic rings. The van der Waals surface area contributed by atoms with Crippen molar-refractivity contribution < 1.29 is 19.4 Å². The van der Waals surface area contributed by atoms with Gasteiger partial charge in [0.2, 0.25) is 0 Å². The smallest absolute Gasteiger partial charge is 0.340 e. The summed E-state index contributed by atoms with van der Waals surface area (Å²) in [5.41, 5.74) is 4.96. The SMILES string of the molecule is CC(CCO)Nc1ccc(F)c(N)c1C(=O)O. The van der Waals surface area contributed by atoms with Gasteiger partial charge in [0.25, 0.3) is 0 Å². The molecule has 5 nitrogen and oxygen atoms in total. The first kappa shape index (κ1) is 13.2. The number of carboxylic acid groups (broad SMARTS) is 1. The van der Waals surface area contributed by atoms with E-state index in [-0.39, 0.29) is 23.9 Å². The number of aliphatic hydroxyl groups is 1. The molecule has 0 saturated heterocycles. The standard InChI is InChI=1S/C11H15FN2O3/c1-6(4-5-15)14-8-3-2-7(12)10(13)9(8)11(16)17/h2-3,6,14-15H,4-5,13H2,1H3,(H,16,17). The first-order valence-corrected chi connectivity index (χ1v) is 5.16. The fourth-order valence-corrected chi connectivity index (χ4v) is 1.48. The Balaban J connectivity index is 3.07. The van der Waals surface area contributed by atoms with E-state index in [1.54, 1.807) is 6.92 Å².